The second-order valence-electron chi connectivity index (χ2n) is 6.42. The summed E-state index contributed by atoms with van der Waals surface area (Å²) in [6.07, 6.45) is 0. The van der Waals surface area contributed by atoms with Crippen LogP contribution < -0.4 is 16.4 Å². The number of hydrogen-bond donors (Lipinski definition) is 2. The molecule has 0 aliphatic rings. The Morgan fingerprint density at radius 1 is 0.964 bits per heavy atom. The van der Waals surface area contributed by atoms with Crippen LogP contribution in [0.4, 0.5) is 11.4 Å². The molecule has 140 valence electrons. The number of benzene rings is 2. The third kappa shape index (κ3) is 3.03. The molecule has 28 heavy (non-hydrogen) atoms. The molecule has 4 rings (SSSR count). The summed E-state index contributed by atoms with van der Waals surface area (Å²) >= 11 is 0. The second-order valence-corrected chi connectivity index (χ2v) is 6.42. The lowest BCUT2D eigenvalue weighted by Gasteiger charge is -2.07. The standard InChI is InChI=1S/C21H19N5O2/c1-14-19(21(28)26(25(14)2)16-11-7-4-8-12-16)22-18-13-17(23-24-20(18)27)15-9-5-3-6-10-15/h3-13H,1-2H3,(H,22,23)(H,24,27). The highest BCUT2D eigenvalue weighted by molar-refractivity contribution is 5.67. The summed E-state index contributed by atoms with van der Waals surface area (Å²) in [4.78, 5) is 25.3. The van der Waals surface area contributed by atoms with E-state index in [4.69, 9.17) is 0 Å². The number of nitrogens with one attached hydrogen (secondary N) is 2. The molecule has 0 aliphatic heterocycles. The Bertz CT molecular complexity index is 1240. The Morgan fingerprint density at radius 3 is 2.29 bits per heavy atom. The smallest absolute Gasteiger partial charge is 0.295 e. The number of hydrogen-bond acceptors (Lipinski definition) is 4. The van der Waals surface area contributed by atoms with Crippen LogP contribution in [0.5, 0.6) is 0 Å². The predicted molar refractivity (Wildman–Crippen MR) is 109 cm³/mol. The Kier molecular flexibility index (Phi) is 4.41. The number of anilines is 2. The van der Waals surface area contributed by atoms with Gasteiger partial charge in [-0.1, -0.05) is 48.5 Å². The van der Waals surface area contributed by atoms with Crippen molar-refractivity contribution in [3.63, 3.8) is 0 Å². The first kappa shape index (κ1) is 17.5. The van der Waals surface area contributed by atoms with Crippen molar-refractivity contribution in [1.29, 1.82) is 0 Å². The van der Waals surface area contributed by atoms with E-state index in [0.29, 0.717) is 17.1 Å². The maximum atomic E-state index is 13.0. The minimum atomic E-state index is -0.395. The molecular weight excluding hydrogens is 354 g/mol. The SMILES string of the molecule is Cc1c(Nc2cc(-c3ccccc3)n[nH]c2=O)c(=O)n(-c2ccccc2)n1C. The van der Waals surface area contributed by atoms with Gasteiger partial charge in [-0.25, -0.2) is 9.78 Å². The van der Waals surface area contributed by atoms with Crippen LogP contribution in [0.2, 0.25) is 0 Å². The molecule has 0 radical (unpaired) electrons. The highest BCUT2D eigenvalue weighted by Gasteiger charge is 2.17. The fraction of sp³-hybridized carbons (Fsp3) is 0.0952. The molecule has 2 aromatic carbocycles. The first-order valence-electron chi connectivity index (χ1n) is 8.82. The number of para-hydroxylation sites is 1. The van der Waals surface area contributed by atoms with E-state index in [-0.39, 0.29) is 11.2 Å². The van der Waals surface area contributed by atoms with Crippen LogP contribution in [0, 0.1) is 6.92 Å². The fourth-order valence-corrected chi connectivity index (χ4v) is 3.10. The van der Waals surface area contributed by atoms with Crippen molar-refractivity contribution in [1.82, 2.24) is 19.6 Å². The summed E-state index contributed by atoms with van der Waals surface area (Å²) in [5.41, 5.74) is 2.93. The van der Waals surface area contributed by atoms with Gasteiger partial charge < -0.3 is 5.32 Å². The molecule has 2 N–H and O–H groups in total. The summed E-state index contributed by atoms with van der Waals surface area (Å²) in [7, 11) is 1.81. The molecule has 0 amide bonds. The van der Waals surface area contributed by atoms with Gasteiger partial charge in [-0.3, -0.25) is 14.3 Å². The van der Waals surface area contributed by atoms with Crippen LogP contribution in [-0.4, -0.2) is 19.6 Å². The van der Waals surface area contributed by atoms with Gasteiger partial charge in [0.15, 0.2) is 0 Å². The molecule has 0 unspecified atom stereocenters. The summed E-state index contributed by atoms with van der Waals surface area (Å²) in [6, 6.07) is 20.5. The van der Waals surface area contributed by atoms with Crippen LogP contribution >= 0.6 is 0 Å². The van der Waals surface area contributed by atoms with E-state index in [9.17, 15) is 9.59 Å². The molecule has 0 saturated heterocycles. The van der Waals surface area contributed by atoms with Crippen LogP contribution in [0.1, 0.15) is 5.69 Å². The third-order valence-corrected chi connectivity index (χ3v) is 4.69. The van der Waals surface area contributed by atoms with Crippen molar-refractivity contribution in [2.75, 3.05) is 5.32 Å². The van der Waals surface area contributed by atoms with Gasteiger partial charge in [-0.15, -0.1) is 0 Å². The van der Waals surface area contributed by atoms with Crippen molar-refractivity contribution < 1.29 is 0 Å². The molecule has 2 heterocycles. The van der Waals surface area contributed by atoms with Gasteiger partial charge in [0, 0.05) is 12.6 Å². The first-order chi connectivity index (χ1) is 13.6. The molecule has 4 aromatic rings. The lowest BCUT2D eigenvalue weighted by Crippen LogP contribution is -2.21. The van der Waals surface area contributed by atoms with Gasteiger partial charge in [-0.05, 0) is 25.1 Å². The molecule has 0 saturated carbocycles. The molecule has 0 bridgehead atoms. The van der Waals surface area contributed by atoms with Gasteiger partial charge in [-0.2, -0.15) is 5.10 Å². The van der Waals surface area contributed by atoms with Crippen molar-refractivity contribution in [3.8, 4) is 16.9 Å². The largest absolute Gasteiger partial charge is 0.345 e. The van der Waals surface area contributed by atoms with Crippen molar-refractivity contribution >= 4 is 11.4 Å². The third-order valence-electron chi connectivity index (χ3n) is 4.69. The fourth-order valence-electron chi connectivity index (χ4n) is 3.10. The minimum absolute atomic E-state index is 0.233. The van der Waals surface area contributed by atoms with E-state index in [1.165, 1.54) is 0 Å². The molecule has 0 spiro atoms. The quantitative estimate of drug-likeness (QED) is 0.576. The summed E-state index contributed by atoms with van der Waals surface area (Å²) < 4.78 is 3.32. The van der Waals surface area contributed by atoms with Gasteiger partial charge >= 0.3 is 0 Å². The zero-order chi connectivity index (χ0) is 19.7. The van der Waals surface area contributed by atoms with E-state index in [1.54, 1.807) is 22.5 Å². The van der Waals surface area contributed by atoms with Crippen LogP contribution in [0.15, 0.2) is 76.3 Å². The molecule has 0 fully saturated rings. The Balaban J connectivity index is 1.79. The van der Waals surface area contributed by atoms with Crippen molar-refractivity contribution in [3.05, 3.63) is 93.1 Å². The van der Waals surface area contributed by atoms with E-state index in [0.717, 1.165) is 11.3 Å². The molecule has 0 atom stereocenters. The van der Waals surface area contributed by atoms with Crippen LogP contribution in [0.25, 0.3) is 16.9 Å². The average molecular weight is 373 g/mol. The number of aromatic nitrogens is 4. The van der Waals surface area contributed by atoms with E-state index < -0.39 is 5.56 Å². The lowest BCUT2D eigenvalue weighted by atomic mass is 10.1. The highest BCUT2D eigenvalue weighted by Crippen LogP contribution is 2.21. The number of aromatic amines is 1. The summed E-state index contributed by atoms with van der Waals surface area (Å²) in [6.45, 7) is 1.83. The van der Waals surface area contributed by atoms with Gasteiger partial charge in [0.25, 0.3) is 11.1 Å². The molecule has 7 nitrogen and oxygen atoms in total. The molecular formula is C21H19N5O2. The summed E-state index contributed by atoms with van der Waals surface area (Å²) in [5, 5.41) is 9.61. The average Bonchev–Trinajstić information content (AvgIpc) is 2.94. The molecule has 7 heteroatoms. The zero-order valence-corrected chi connectivity index (χ0v) is 15.5. The maximum Gasteiger partial charge on any atom is 0.295 e. The normalized spacial score (nSPS) is 10.8. The number of H-pyrrole nitrogens is 1. The zero-order valence-electron chi connectivity index (χ0n) is 15.5. The van der Waals surface area contributed by atoms with Crippen molar-refractivity contribution in [2.24, 2.45) is 7.05 Å². The number of nitrogens with zero attached hydrogens (tertiary/aromatic N) is 3. The predicted octanol–water partition coefficient (Wildman–Crippen LogP) is 2.98. The monoisotopic (exact) mass is 373 g/mol. The number of rotatable bonds is 4. The minimum Gasteiger partial charge on any atom is -0.345 e. The Morgan fingerprint density at radius 2 is 1.61 bits per heavy atom. The summed E-state index contributed by atoms with van der Waals surface area (Å²) in [5.74, 6) is 0. The topological polar surface area (TPSA) is 84.7 Å². The maximum absolute atomic E-state index is 13.0. The first-order valence-corrected chi connectivity index (χ1v) is 8.82. The van der Waals surface area contributed by atoms with Crippen LogP contribution in [0.3, 0.4) is 0 Å². The highest BCUT2D eigenvalue weighted by atomic mass is 16.1. The van der Waals surface area contributed by atoms with E-state index >= 15 is 0 Å². The van der Waals surface area contributed by atoms with Gasteiger partial charge in [0.2, 0.25) is 0 Å². The second kappa shape index (κ2) is 7.03. The van der Waals surface area contributed by atoms with E-state index in [1.807, 2.05) is 67.6 Å². The lowest BCUT2D eigenvalue weighted by molar-refractivity contribution is 0.630. The van der Waals surface area contributed by atoms with Gasteiger partial charge in [0.05, 0.1) is 17.1 Å². The van der Waals surface area contributed by atoms with E-state index in [2.05, 4.69) is 15.5 Å². The molecule has 0 aliphatic carbocycles. The Labute approximate surface area is 160 Å². The Hall–Kier alpha value is -3.87. The van der Waals surface area contributed by atoms with Gasteiger partial charge in [0.1, 0.15) is 11.4 Å². The molecule has 2 aromatic heterocycles. The van der Waals surface area contributed by atoms with Crippen LogP contribution in [-0.2, 0) is 7.05 Å². The van der Waals surface area contributed by atoms with Crippen molar-refractivity contribution in [2.45, 2.75) is 6.92 Å².